The maximum Gasteiger partial charge on any atom is 0.178 e. The topological polar surface area (TPSA) is 31.4 Å². The molecule has 0 spiro atoms. The summed E-state index contributed by atoms with van der Waals surface area (Å²) in [4.78, 5) is 5.18. The summed E-state index contributed by atoms with van der Waals surface area (Å²) in [5, 5.41) is 0. The molecule has 53 heavy (non-hydrogen) atoms. The lowest BCUT2D eigenvalue weighted by atomic mass is 9.82. The Morgan fingerprint density at radius 3 is 1.72 bits per heavy atom. The van der Waals surface area contributed by atoms with Crippen molar-refractivity contribution in [2.24, 2.45) is 0 Å². The average Bonchev–Trinajstić information content (AvgIpc) is 3.46. The minimum absolute atomic E-state index is 0.135. The number of para-hydroxylation sites is 1. The van der Waals surface area contributed by atoms with Crippen LogP contribution < -0.4 is 9.47 Å². The predicted molar refractivity (Wildman–Crippen MR) is 216 cm³/mol. The molecule has 0 amide bonds. The van der Waals surface area contributed by atoms with Gasteiger partial charge in [-0.3, -0.25) is 0 Å². The number of nitrogens with zero attached hydrogens (tertiary/aromatic N) is 1. The van der Waals surface area contributed by atoms with Gasteiger partial charge in [-0.1, -0.05) is 159 Å². The van der Waals surface area contributed by atoms with Crippen LogP contribution in [0.15, 0.2) is 176 Å². The third-order valence-corrected chi connectivity index (χ3v) is 10.8. The number of hydrogen-bond acceptors (Lipinski definition) is 3. The molecular formula is C50H35NO2. The second kappa shape index (κ2) is 12.2. The van der Waals surface area contributed by atoms with Crippen LogP contribution in [0, 0.1) is 0 Å². The van der Waals surface area contributed by atoms with Gasteiger partial charge in [0.25, 0.3) is 0 Å². The minimum Gasteiger partial charge on any atom is -0.449 e. The van der Waals surface area contributed by atoms with Gasteiger partial charge in [0.15, 0.2) is 23.0 Å². The van der Waals surface area contributed by atoms with Gasteiger partial charge in [0.05, 0.1) is 11.4 Å². The average molecular weight is 682 g/mol. The van der Waals surface area contributed by atoms with Crippen LogP contribution in [0.25, 0.3) is 67.0 Å². The summed E-state index contributed by atoms with van der Waals surface area (Å²) in [5.74, 6) is 2.96. The minimum atomic E-state index is -0.135. The van der Waals surface area contributed by atoms with Crippen LogP contribution in [-0.4, -0.2) is 4.98 Å². The number of rotatable bonds is 5. The molecule has 2 aliphatic rings. The first-order chi connectivity index (χ1) is 26.0. The number of fused-ring (bicyclic) bond motifs is 6. The molecule has 1 aromatic heterocycles. The molecular weight excluding hydrogens is 647 g/mol. The standard InChI is InChI=1S/C50H35NO2/c1-50(2)41-21-10-9-19-40(41)47-42(50)27-28-46-49(47)53-48-39(20-12-22-45(48)52-46)37-18-11-17-36(29-37)38-30-43(34-15-7-4-8-16-34)51-44(31-38)35-25-23-33(24-26-35)32-13-5-3-6-14-32/h3-31H,1-2H3. The number of hydrogen-bond donors (Lipinski definition) is 0. The summed E-state index contributed by atoms with van der Waals surface area (Å²) in [5.41, 5.74) is 15.3. The lowest BCUT2D eigenvalue weighted by Crippen LogP contribution is -2.15. The van der Waals surface area contributed by atoms with Gasteiger partial charge in [-0.15, -0.1) is 0 Å². The molecule has 1 aliphatic carbocycles. The highest BCUT2D eigenvalue weighted by atomic mass is 16.6. The van der Waals surface area contributed by atoms with E-state index in [-0.39, 0.29) is 5.41 Å². The van der Waals surface area contributed by atoms with Crippen LogP contribution in [0.1, 0.15) is 25.0 Å². The van der Waals surface area contributed by atoms with Gasteiger partial charge in [0.2, 0.25) is 0 Å². The normalized spacial score (nSPS) is 13.2. The van der Waals surface area contributed by atoms with Crippen LogP contribution >= 0.6 is 0 Å². The van der Waals surface area contributed by atoms with Crippen molar-refractivity contribution in [2.45, 2.75) is 19.3 Å². The van der Waals surface area contributed by atoms with Crippen molar-refractivity contribution >= 4 is 0 Å². The molecule has 10 rings (SSSR count). The van der Waals surface area contributed by atoms with E-state index in [1.54, 1.807) is 0 Å². The maximum atomic E-state index is 6.96. The lowest BCUT2D eigenvalue weighted by Gasteiger charge is -2.26. The highest BCUT2D eigenvalue weighted by Crippen LogP contribution is 2.59. The zero-order valence-electron chi connectivity index (χ0n) is 29.5. The monoisotopic (exact) mass is 681 g/mol. The highest BCUT2D eigenvalue weighted by molar-refractivity contribution is 5.89. The first-order valence-electron chi connectivity index (χ1n) is 18.1. The molecule has 252 valence electrons. The van der Waals surface area contributed by atoms with Crippen molar-refractivity contribution < 1.29 is 9.47 Å². The molecule has 1 aliphatic heterocycles. The summed E-state index contributed by atoms with van der Waals surface area (Å²) in [6.45, 7) is 4.57. The Hall–Kier alpha value is -6.71. The molecule has 8 aromatic rings. The van der Waals surface area contributed by atoms with E-state index in [9.17, 15) is 0 Å². The van der Waals surface area contributed by atoms with E-state index in [4.69, 9.17) is 14.5 Å². The molecule has 0 radical (unpaired) electrons. The highest BCUT2D eigenvalue weighted by Gasteiger charge is 2.39. The molecule has 0 fully saturated rings. The Bertz CT molecular complexity index is 2680. The Balaban J connectivity index is 1.06. The van der Waals surface area contributed by atoms with Gasteiger partial charge in [-0.05, 0) is 74.8 Å². The predicted octanol–water partition coefficient (Wildman–Crippen LogP) is 13.6. The van der Waals surface area contributed by atoms with Gasteiger partial charge in [0, 0.05) is 27.7 Å². The van der Waals surface area contributed by atoms with Crippen molar-refractivity contribution in [3.05, 3.63) is 187 Å². The largest absolute Gasteiger partial charge is 0.449 e. The maximum absolute atomic E-state index is 6.96. The quantitative estimate of drug-likeness (QED) is 0.181. The van der Waals surface area contributed by atoms with Crippen LogP contribution in [0.4, 0.5) is 0 Å². The SMILES string of the molecule is CC1(C)c2ccccc2-c2c1ccc1c2Oc2c(cccc2-c2cccc(-c3cc(-c4ccccc4)nc(-c4ccc(-c5ccccc5)cc4)c3)c2)O1. The third-order valence-electron chi connectivity index (χ3n) is 10.8. The van der Waals surface area contributed by atoms with Gasteiger partial charge in [-0.2, -0.15) is 0 Å². The molecule has 0 atom stereocenters. The first-order valence-corrected chi connectivity index (χ1v) is 18.1. The smallest absolute Gasteiger partial charge is 0.178 e. The van der Waals surface area contributed by atoms with Crippen molar-refractivity contribution in [3.8, 4) is 90.0 Å². The Morgan fingerprint density at radius 1 is 0.377 bits per heavy atom. The van der Waals surface area contributed by atoms with Crippen LogP contribution in [0.2, 0.25) is 0 Å². The molecule has 0 unspecified atom stereocenters. The number of ether oxygens (including phenoxy) is 2. The Labute approximate surface area is 309 Å². The summed E-state index contributed by atoms with van der Waals surface area (Å²) >= 11 is 0. The van der Waals surface area contributed by atoms with E-state index < -0.39 is 0 Å². The van der Waals surface area contributed by atoms with Gasteiger partial charge in [-0.25, -0.2) is 4.98 Å². The molecule has 7 aromatic carbocycles. The molecule has 2 heterocycles. The zero-order chi connectivity index (χ0) is 35.5. The zero-order valence-corrected chi connectivity index (χ0v) is 29.5. The molecule has 3 heteroatoms. The molecule has 3 nitrogen and oxygen atoms in total. The van der Waals surface area contributed by atoms with Crippen molar-refractivity contribution in [1.82, 2.24) is 4.98 Å². The first kappa shape index (κ1) is 31.1. The summed E-state index contributed by atoms with van der Waals surface area (Å²) in [6.07, 6.45) is 0. The number of aromatic nitrogens is 1. The van der Waals surface area contributed by atoms with Crippen LogP contribution in [0.3, 0.4) is 0 Å². The van der Waals surface area contributed by atoms with E-state index >= 15 is 0 Å². The van der Waals surface area contributed by atoms with Gasteiger partial charge in [0.1, 0.15) is 0 Å². The Kier molecular flexibility index (Phi) is 7.16. The summed E-state index contributed by atoms with van der Waals surface area (Å²) < 4.78 is 13.6. The van der Waals surface area contributed by atoms with Crippen molar-refractivity contribution in [3.63, 3.8) is 0 Å². The molecule has 0 saturated heterocycles. The van der Waals surface area contributed by atoms with E-state index in [0.29, 0.717) is 5.75 Å². The van der Waals surface area contributed by atoms with Gasteiger partial charge < -0.3 is 9.47 Å². The number of pyridine rings is 1. The number of benzene rings is 7. The Morgan fingerprint density at radius 2 is 0.943 bits per heavy atom. The third kappa shape index (κ3) is 5.24. The summed E-state index contributed by atoms with van der Waals surface area (Å²) in [6, 6.07) is 61.7. The van der Waals surface area contributed by atoms with E-state index in [2.05, 4.69) is 166 Å². The molecule has 0 saturated carbocycles. The lowest BCUT2D eigenvalue weighted by molar-refractivity contribution is 0.361. The second-order valence-corrected chi connectivity index (χ2v) is 14.3. The fourth-order valence-electron chi connectivity index (χ4n) is 8.01. The van der Waals surface area contributed by atoms with Crippen molar-refractivity contribution in [2.75, 3.05) is 0 Å². The summed E-state index contributed by atoms with van der Waals surface area (Å²) in [7, 11) is 0. The fourth-order valence-corrected chi connectivity index (χ4v) is 8.01. The van der Waals surface area contributed by atoms with E-state index in [1.165, 1.54) is 27.8 Å². The molecule has 0 bridgehead atoms. The fraction of sp³-hybridized carbons (Fsp3) is 0.0600. The second-order valence-electron chi connectivity index (χ2n) is 14.3. The van der Waals surface area contributed by atoms with Crippen LogP contribution in [-0.2, 0) is 5.41 Å². The van der Waals surface area contributed by atoms with Gasteiger partial charge >= 0.3 is 0 Å². The van der Waals surface area contributed by atoms with E-state index in [1.807, 2.05) is 24.3 Å². The van der Waals surface area contributed by atoms with Crippen LogP contribution in [0.5, 0.6) is 23.0 Å². The van der Waals surface area contributed by atoms with E-state index in [0.717, 1.165) is 67.6 Å². The van der Waals surface area contributed by atoms with Crippen molar-refractivity contribution in [1.29, 1.82) is 0 Å². The molecule has 0 N–H and O–H groups in total.